The van der Waals surface area contributed by atoms with Gasteiger partial charge in [-0.3, -0.25) is 0 Å². The van der Waals surface area contributed by atoms with Gasteiger partial charge in [0.15, 0.2) is 11.4 Å². The van der Waals surface area contributed by atoms with E-state index in [2.05, 4.69) is 37.9 Å². The molecule has 0 saturated carbocycles. The number of carboxylic acid groups (broad SMARTS) is 1. The zero-order valence-electron chi connectivity index (χ0n) is 12.5. The molecule has 2 aromatic rings. The van der Waals surface area contributed by atoms with Gasteiger partial charge in [0.2, 0.25) is 0 Å². The Morgan fingerprint density at radius 2 is 1.86 bits per heavy atom. The summed E-state index contributed by atoms with van der Waals surface area (Å²) in [4.78, 5) is 14.9. The van der Waals surface area contributed by atoms with Gasteiger partial charge in [0, 0.05) is 6.20 Å². The van der Waals surface area contributed by atoms with E-state index in [-0.39, 0.29) is 16.9 Å². The van der Waals surface area contributed by atoms with Crippen LogP contribution in [0.25, 0.3) is 0 Å². The normalized spacial score (nSPS) is 11.2. The van der Waals surface area contributed by atoms with Gasteiger partial charge >= 0.3 is 5.97 Å². The Morgan fingerprint density at radius 3 is 2.43 bits per heavy atom. The predicted molar refractivity (Wildman–Crippen MR) is 80.7 cm³/mol. The molecule has 0 aliphatic rings. The summed E-state index contributed by atoms with van der Waals surface area (Å²) in [5.41, 5.74) is 2.28. The summed E-state index contributed by atoms with van der Waals surface area (Å²) in [5.74, 6) is -0.807. The number of carbonyl (C=O) groups is 1. The highest BCUT2D eigenvalue weighted by Crippen LogP contribution is 2.23. The van der Waals surface area contributed by atoms with E-state index < -0.39 is 5.97 Å². The van der Waals surface area contributed by atoms with Crippen LogP contribution in [-0.4, -0.2) is 16.1 Å². The predicted octanol–water partition coefficient (Wildman–Crippen LogP) is 3.66. The van der Waals surface area contributed by atoms with Gasteiger partial charge in [0.1, 0.15) is 6.61 Å². The summed E-state index contributed by atoms with van der Waals surface area (Å²) in [5, 5.41) is 9.05. The molecule has 0 atom stereocenters. The van der Waals surface area contributed by atoms with Gasteiger partial charge in [-0.25, -0.2) is 9.78 Å². The van der Waals surface area contributed by atoms with Gasteiger partial charge in [-0.05, 0) is 28.7 Å². The molecule has 0 unspecified atom stereocenters. The van der Waals surface area contributed by atoms with E-state index in [9.17, 15) is 4.79 Å². The van der Waals surface area contributed by atoms with Crippen molar-refractivity contribution in [3.05, 3.63) is 59.4 Å². The van der Waals surface area contributed by atoms with Crippen molar-refractivity contribution in [2.24, 2.45) is 0 Å². The lowest BCUT2D eigenvalue weighted by molar-refractivity contribution is 0.0685. The summed E-state index contributed by atoms with van der Waals surface area (Å²) in [7, 11) is 0. The summed E-state index contributed by atoms with van der Waals surface area (Å²) in [6, 6.07) is 11.4. The van der Waals surface area contributed by atoms with Crippen LogP contribution in [0.1, 0.15) is 42.4 Å². The van der Waals surface area contributed by atoms with Crippen molar-refractivity contribution in [1.82, 2.24) is 4.98 Å². The number of benzene rings is 1. The molecule has 2 rings (SSSR count). The summed E-state index contributed by atoms with van der Waals surface area (Å²) >= 11 is 0. The number of hydrogen-bond donors (Lipinski definition) is 1. The smallest absolute Gasteiger partial charge is 0.358 e. The van der Waals surface area contributed by atoms with E-state index in [0.29, 0.717) is 6.61 Å². The molecule has 1 heterocycles. The molecule has 0 fully saturated rings. The Morgan fingerprint density at radius 1 is 1.19 bits per heavy atom. The molecule has 21 heavy (non-hydrogen) atoms. The molecule has 0 spiro atoms. The molecule has 0 aliphatic heterocycles. The number of rotatable bonds is 4. The molecule has 0 radical (unpaired) electrons. The Bertz CT molecular complexity index is 627. The molecule has 0 bridgehead atoms. The fourth-order valence-corrected chi connectivity index (χ4v) is 1.93. The largest absolute Gasteiger partial charge is 0.486 e. The van der Waals surface area contributed by atoms with Gasteiger partial charge in [-0.15, -0.1) is 0 Å². The van der Waals surface area contributed by atoms with Gasteiger partial charge in [0.25, 0.3) is 0 Å². The second-order valence-corrected chi connectivity index (χ2v) is 5.89. The summed E-state index contributed by atoms with van der Waals surface area (Å²) < 4.78 is 5.57. The Balaban J connectivity index is 2.09. The van der Waals surface area contributed by atoms with Crippen molar-refractivity contribution < 1.29 is 14.6 Å². The molecule has 0 amide bonds. The van der Waals surface area contributed by atoms with Crippen molar-refractivity contribution in [3.8, 4) is 5.75 Å². The second-order valence-electron chi connectivity index (χ2n) is 5.89. The van der Waals surface area contributed by atoms with E-state index in [1.165, 1.54) is 11.8 Å². The third-order valence-electron chi connectivity index (χ3n) is 3.19. The SMILES string of the molecule is CC(C)(C)c1ccc(COc2cccnc2C(=O)O)cc1. The van der Waals surface area contributed by atoms with Crippen molar-refractivity contribution in [1.29, 1.82) is 0 Å². The van der Waals surface area contributed by atoms with Gasteiger partial charge in [-0.2, -0.15) is 0 Å². The number of aromatic carboxylic acids is 1. The molecular formula is C17H19NO3. The zero-order valence-corrected chi connectivity index (χ0v) is 12.5. The average molecular weight is 285 g/mol. The first kappa shape index (κ1) is 15.0. The van der Waals surface area contributed by atoms with E-state index in [4.69, 9.17) is 9.84 Å². The van der Waals surface area contributed by atoms with Crippen LogP contribution in [0.4, 0.5) is 0 Å². The van der Waals surface area contributed by atoms with Crippen molar-refractivity contribution in [2.45, 2.75) is 32.8 Å². The molecule has 1 aromatic heterocycles. The van der Waals surface area contributed by atoms with Gasteiger partial charge < -0.3 is 9.84 Å². The highest BCUT2D eigenvalue weighted by molar-refractivity contribution is 5.88. The van der Waals surface area contributed by atoms with Crippen LogP contribution in [0.3, 0.4) is 0 Å². The highest BCUT2D eigenvalue weighted by Gasteiger charge is 2.14. The van der Waals surface area contributed by atoms with E-state index >= 15 is 0 Å². The van der Waals surface area contributed by atoms with Crippen LogP contribution in [-0.2, 0) is 12.0 Å². The van der Waals surface area contributed by atoms with Gasteiger partial charge in [0.05, 0.1) is 0 Å². The van der Waals surface area contributed by atoms with E-state index in [1.807, 2.05) is 12.1 Å². The third kappa shape index (κ3) is 3.81. The molecule has 4 nitrogen and oxygen atoms in total. The van der Waals surface area contributed by atoms with Crippen LogP contribution < -0.4 is 4.74 Å². The lowest BCUT2D eigenvalue weighted by atomic mass is 9.87. The Labute approximate surface area is 124 Å². The molecule has 1 N–H and O–H groups in total. The topological polar surface area (TPSA) is 59.4 Å². The molecule has 1 aromatic carbocycles. The van der Waals surface area contributed by atoms with Crippen molar-refractivity contribution >= 4 is 5.97 Å². The maximum atomic E-state index is 11.0. The number of nitrogens with zero attached hydrogens (tertiary/aromatic N) is 1. The number of aromatic nitrogens is 1. The molecule has 0 aliphatic carbocycles. The standard InChI is InChI=1S/C17H19NO3/c1-17(2,3)13-8-6-12(7-9-13)11-21-14-5-4-10-18-15(14)16(19)20/h4-10H,11H2,1-3H3,(H,19,20). The summed E-state index contributed by atoms with van der Waals surface area (Å²) in [6.45, 7) is 6.80. The summed E-state index contributed by atoms with van der Waals surface area (Å²) in [6.07, 6.45) is 1.44. The lowest BCUT2D eigenvalue weighted by Crippen LogP contribution is -2.11. The Kier molecular flexibility index (Phi) is 4.26. The average Bonchev–Trinajstić information content (AvgIpc) is 2.45. The highest BCUT2D eigenvalue weighted by atomic mass is 16.5. The third-order valence-corrected chi connectivity index (χ3v) is 3.19. The monoisotopic (exact) mass is 285 g/mol. The maximum Gasteiger partial charge on any atom is 0.358 e. The number of ether oxygens (including phenoxy) is 1. The minimum atomic E-state index is -1.09. The number of hydrogen-bond acceptors (Lipinski definition) is 3. The lowest BCUT2D eigenvalue weighted by Gasteiger charge is -2.19. The zero-order chi connectivity index (χ0) is 15.5. The number of carboxylic acids is 1. The van der Waals surface area contributed by atoms with Crippen LogP contribution in [0.15, 0.2) is 42.6 Å². The second kappa shape index (κ2) is 5.95. The van der Waals surface area contributed by atoms with Crippen molar-refractivity contribution in [3.63, 3.8) is 0 Å². The van der Waals surface area contributed by atoms with E-state index in [1.54, 1.807) is 12.1 Å². The quantitative estimate of drug-likeness (QED) is 0.931. The van der Waals surface area contributed by atoms with Crippen LogP contribution in [0, 0.1) is 0 Å². The Hall–Kier alpha value is -2.36. The molecule has 110 valence electrons. The van der Waals surface area contributed by atoms with Crippen molar-refractivity contribution in [2.75, 3.05) is 0 Å². The molecule has 0 saturated heterocycles. The fourth-order valence-electron chi connectivity index (χ4n) is 1.93. The first-order chi connectivity index (χ1) is 9.88. The molecule has 4 heteroatoms. The van der Waals surface area contributed by atoms with Crippen LogP contribution in [0.5, 0.6) is 5.75 Å². The maximum absolute atomic E-state index is 11.0. The first-order valence-electron chi connectivity index (χ1n) is 6.78. The minimum absolute atomic E-state index is 0.0659. The molecular weight excluding hydrogens is 266 g/mol. The first-order valence-corrected chi connectivity index (χ1v) is 6.78. The van der Waals surface area contributed by atoms with E-state index in [0.717, 1.165) is 5.56 Å². The van der Waals surface area contributed by atoms with Gasteiger partial charge in [-0.1, -0.05) is 45.0 Å². The van der Waals surface area contributed by atoms with Crippen LogP contribution in [0.2, 0.25) is 0 Å². The number of pyridine rings is 1. The van der Waals surface area contributed by atoms with Crippen LogP contribution >= 0.6 is 0 Å². The minimum Gasteiger partial charge on any atom is -0.486 e. The fraction of sp³-hybridized carbons (Fsp3) is 0.294.